The van der Waals surface area contributed by atoms with E-state index in [2.05, 4.69) is 13.8 Å². The average Bonchev–Trinajstić information content (AvgIpc) is 3.11. The van der Waals surface area contributed by atoms with Gasteiger partial charge in [-0.1, -0.05) is 179 Å². The molecule has 2 atom stereocenters. The molecular formula is C44H80NO7P. The molecule has 53 heavy (non-hydrogen) atoms. The summed E-state index contributed by atoms with van der Waals surface area (Å²) in [5.41, 5.74) is 0. The van der Waals surface area contributed by atoms with E-state index in [0.717, 1.165) is 25.7 Å². The maximum absolute atomic E-state index is 12.5. The Morgan fingerprint density at radius 2 is 0.981 bits per heavy atom. The fourth-order valence-corrected chi connectivity index (χ4v) is 7.06. The van der Waals surface area contributed by atoms with Gasteiger partial charge >= 0.3 is 11.9 Å². The molecule has 0 rings (SSSR count). The van der Waals surface area contributed by atoms with Crippen molar-refractivity contribution in [2.45, 2.75) is 174 Å². The number of rotatable bonds is 37. The first-order valence-electron chi connectivity index (χ1n) is 21.3. The number of allylic oxidation sites excluding steroid dienone is 6. The van der Waals surface area contributed by atoms with Crippen LogP contribution in [0.2, 0.25) is 0 Å². The Labute approximate surface area is 326 Å². The van der Waals surface area contributed by atoms with Crippen molar-refractivity contribution in [1.82, 2.24) is 0 Å². The normalized spacial score (nSPS) is 14.2. The molecular weight excluding hydrogens is 685 g/mol. The van der Waals surface area contributed by atoms with Gasteiger partial charge in [0.2, 0.25) is 0 Å². The number of esters is 2. The van der Waals surface area contributed by atoms with Crippen LogP contribution in [0, 0.1) is 0 Å². The maximum Gasteiger partial charge on any atom is 0.331 e. The summed E-state index contributed by atoms with van der Waals surface area (Å²) in [7, 11) is 1.50. The van der Waals surface area contributed by atoms with E-state index >= 15 is 0 Å². The van der Waals surface area contributed by atoms with Crippen molar-refractivity contribution in [1.29, 1.82) is 0 Å². The van der Waals surface area contributed by atoms with Gasteiger partial charge in [0.05, 0.1) is 40.5 Å². The molecule has 9 heteroatoms. The second kappa shape index (κ2) is 35.7. The van der Waals surface area contributed by atoms with Gasteiger partial charge in [-0.05, 0) is 25.7 Å². The lowest BCUT2D eigenvalue weighted by atomic mass is 10.1. The molecule has 0 aromatic carbocycles. The molecule has 0 fully saturated rings. The van der Waals surface area contributed by atoms with Gasteiger partial charge in [0.1, 0.15) is 14.2 Å². The van der Waals surface area contributed by atoms with Gasteiger partial charge in [-0.3, -0.25) is 0 Å². The van der Waals surface area contributed by atoms with Crippen LogP contribution >= 0.6 is 7.60 Å². The quantitative estimate of drug-likeness (QED) is 0.0155. The lowest BCUT2D eigenvalue weighted by Gasteiger charge is -2.30. The fraction of sp³-hybridized carbons (Fsp3) is 0.773. The minimum absolute atomic E-state index is 0.158. The number of carbonyl (C=O) groups excluding carboxylic acids is 2. The van der Waals surface area contributed by atoms with Crippen LogP contribution in [-0.2, 0) is 28.2 Å². The third-order valence-corrected chi connectivity index (χ3v) is 10.4. The van der Waals surface area contributed by atoms with Crippen molar-refractivity contribution in [2.75, 3.05) is 47.1 Å². The van der Waals surface area contributed by atoms with E-state index in [1.165, 1.54) is 141 Å². The van der Waals surface area contributed by atoms with Gasteiger partial charge in [-0.2, -0.15) is 0 Å². The second-order valence-electron chi connectivity index (χ2n) is 15.6. The first-order chi connectivity index (χ1) is 25.5. The highest BCUT2D eigenvalue weighted by atomic mass is 31.2. The molecule has 0 aliphatic rings. The van der Waals surface area contributed by atoms with E-state index in [9.17, 15) is 19.0 Å². The average molecular weight is 766 g/mol. The molecule has 308 valence electrons. The van der Waals surface area contributed by atoms with E-state index < -0.39 is 32.2 Å². The highest BCUT2D eigenvalue weighted by Gasteiger charge is 2.21. The van der Waals surface area contributed by atoms with Gasteiger partial charge in [-0.15, -0.1) is 0 Å². The van der Waals surface area contributed by atoms with Gasteiger partial charge in [0.25, 0.3) is 0 Å². The number of hydrogen-bond donors (Lipinski definition) is 0. The Hall–Kier alpha value is -1.99. The highest BCUT2D eigenvalue weighted by Crippen LogP contribution is 2.37. The van der Waals surface area contributed by atoms with E-state index in [-0.39, 0.29) is 12.8 Å². The molecule has 0 aliphatic heterocycles. The predicted molar refractivity (Wildman–Crippen MR) is 221 cm³/mol. The number of hydrogen-bond acceptors (Lipinski definition) is 7. The van der Waals surface area contributed by atoms with Crippen LogP contribution in [0.3, 0.4) is 0 Å². The molecule has 8 nitrogen and oxygen atoms in total. The topological polar surface area (TPSA) is 102 Å². The molecule has 0 aliphatic carbocycles. The van der Waals surface area contributed by atoms with Crippen molar-refractivity contribution in [3.05, 3.63) is 48.6 Å². The maximum atomic E-state index is 12.5. The number of ether oxygens (including phenoxy) is 2. The molecule has 0 aromatic heterocycles. The van der Waals surface area contributed by atoms with Crippen LogP contribution in [0.15, 0.2) is 48.6 Å². The third-order valence-electron chi connectivity index (χ3n) is 9.10. The zero-order valence-corrected chi connectivity index (χ0v) is 35.6. The molecule has 0 N–H and O–H groups in total. The number of nitrogens with zero attached hydrogens (tertiary/aromatic N) is 1. The van der Waals surface area contributed by atoms with Crippen LogP contribution in [-0.4, -0.2) is 69.6 Å². The van der Waals surface area contributed by atoms with E-state index in [0.29, 0.717) is 11.0 Å². The van der Waals surface area contributed by atoms with Gasteiger partial charge in [-0.25, -0.2) is 9.59 Å². The van der Waals surface area contributed by atoms with Gasteiger partial charge in [0.15, 0.2) is 6.10 Å². The molecule has 0 amide bonds. The standard InChI is InChI=1S/C44H80NO7P/c1-6-8-10-12-14-16-18-20-22-24-26-28-30-32-34-36-43(46)50-40-42(41-51-53(48,49)39-38-45(3,4)5)52-44(47)37-35-33-31-29-27-25-23-21-19-17-15-13-11-9-7-2/h30-37,42H,6-29,38-41H2,1-5H3/b32-30-,33-31+,36-34+,37-35+/t42-/m1/s1. The summed E-state index contributed by atoms with van der Waals surface area (Å²) in [6.07, 6.45) is 42.9. The summed E-state index contributed by atoms with van der Waals surface area (Å²) in [4.78, 5) is 37.4. The molecule has 1 unspecified atom stereocenters. The predicted octanol–water partition coefficient (Wildman–Crippen LogP) is 11.3. The minimum Gasteiger partial charge on any atom is -0.778 e. The summed E-state index contributed by atoms with van der Waals surface area (Å²) < 4.78 is 28.9. The molecule has 0 saturated heterocycles. The van der Waals surface area contributed by atoms with Crippen molar-refractivity contribution < 1.29 is 37.5 Å². The SMILES string of the molecule is CCCCCCCCCCCCC/C=C\C=C\C(=O)OC[C@H](COP(=O)([O-])CC[N+](C)(C)C)OC(=O)/C=C/C=C/CCCCCCCCCCCCC. The van der Waals surface area contributed by atoms with Crippen LogP contribution < -0.4 is 4.89 Å². The number of unbranched alkanes of at least 4 members (excludes halogenated alkanes) is 22. The molecule has 0 saturated carbocycles. The highest BCUT2D eigenvalue weighted by molar-refractivity contribution is 7.51. The summed E-state index contributed by atoms with van der Waals surface area (Å²) in [5, 5.41) is 0. The largest absolute Gasteiger partial charge is 0.778 e. The van der Waals surface area contributed by atoms with Crippen LogP contribution in [0.4, 0.5) is 0 Å². The molecule has 0 heterocycles. The molecule has 0 spiro atoms. The lowest BCUT2D eigenvalue weighted by Crippen LogP contribution is -2.38. The zero-order chi connectivity index (χ0) is 39.3. The van der Waals surface area contributed by atoms with E-state index in [1.54, 1.807) is 12.2 Å². The van der Waals surface area contributed by atoms with Crippen molar-refractivity contribution in [2.24, 2.45) is 0 Å². The second-order valence-corrected chi connectivity index (χ2v) is 17.5. The third kappa shape index (κ3) is 39.5. The number of quaternary nitrogens is 1. The van der Waals surface area contributed by atoms with E-state index in [1.807, 2.05) is 45.4 Å². The Morgan fingerprint density at radius 3 is 1.40 bits per heavy atom. The van der Waals surface area contributed by atoms with Gasteiger partial charge < -0.3 is 27.9 Å². The lowest BCUT2D eigenvalue weighted by molar-refractivity contribution is -0.868. The first-order valence-corrected chi connectivity index (χ1v) is 23.0. The van der Waals surface area contributed by atoms with Crippen LogP contribution in [0.5, 0.6) is 0 Å². The summed E-state index contributed by atoms with van der Waals surface area (Å²) in [6.45, 7) is 4.12. The van der Waals surface area contributed by atoms with Crippen LogP contribution in [0.25, 0.3) is 0 Å². The minimum atomic E-state index is -4.18. The zero-order valence-electron chi connectivity index (χ0n) is 34.7. The number of carbonyl (C=O) groups is 2. The molecule has 0 bridgehead atoms. The molecule has 0 radical (unpaired) electrons. The Balaban J connectivity index is 4.55. The summed E-state index contributed by atoms with van der Waals surface area (Å²) in [6, 6.07) is 0. The van der Waals surface area contributed by atoms with E-state index in [4.69, 9.17) is 14.0 Å². The Kier molecular flexibility index (Phi) is 34.4. The Bertz CT molecular complexity index is 1050. The summed E-state index contributed by atoms with van der Waals surface area (Å²) in [5.74, 6) is -1.27. The molecule has 0 aromatic rings. The fourth-order valence-electron chi connectivity index (χ4n) is 5.70. The first kappa shape index (κ1) is 51.0. The summed E-state index contributed by atoms with van der Waals surface area (Å²) >= 11 is 0. The van der Waals surface area contributed by atoms with Crippen LogP contribution in [0.1, 0.15) is 168 Å². The van der Waals surface area contributed by atoms with Crippen molar-refractivity contribution in [3.63, 3.8) is 0 Å². The Morgan fingerprint density at radius 1 is 0.585 bits per heavy atom. The van der Waals surface area contributed by atoms with Gasteiger partial charge in [0, 0.05) is 12.2 Å². The van der Waals surface area contributed by atoms with Crippen molar-refractivity contribution >= 4 is 19.5 Å². The monoisotopic (exact) mass is 766 g/mol. The smallest absolute Gasteiger partial charge is 0.331 e. The van der Waals surface area contributed by atoms with Crippen molar-refractivity contribution in [3.8, 4) is 0 Å².